The van der Waals surface area contributed by atoms with Gasteiger partial charge in [-0.3, -0.25) is 9.59 Å². The van der Waals surface area contributed by atoms with E-state index in [0.29, 0.717) is 48.7 Å². The fourth-order valence-corrected chi connectivity index (χ4v) is 3.12. The van der Waals surface area contributed by atoms with Crippen molar-refractivity contribution >= 4 is 12.3 Å². The van der Waals surface area contributed by atoms with Gasteiger partial charge in [0, 0.05) is 12.0 Å². The quantitative estimate of drug-likeness (QED) is 0.293. The van der Waals surface area contributed by atoms with Crippen LogP contribution < -0.4 is 14.2 Å². The Balaban J connectivity index is 1.80. The highest BCUT2D eigenvalue weighted by molar-refractivity contribution is 5.99. The first-order valence-corrected chi connectivity index (χ1v) is 10.4. The van der Waals surface area contributed by atoms with Crippen LogP contribution >= 0.6 is 0 Å². The molecule has 0 spiro atoms. The molecule has 0 bridgehead atoms. The maximum atomic E-state index is 12.4. The van der Waals surface area contributed by atoms with Crippen molar-refractivity contribution in [3.05, 3.63) is 47.0 Å². The van der Waals surface area contributed by atoms with Crippen molar-refractivity contribution in [2.24, 2.45) is 5.41 Å². The number of hydrogen-bond donors (Lipinski definition) is 1. The lowest BCUT2D eigenvalue weighted by atomic mass is 9.87. The smallest absolute Gasteiger partial charge is 0.298 e. The van der Waals surface area contributed by atoms with E-state index in [-0.39, 0.29) is 16.9 Å². The van der Waals surface area contributed by atoms with E-state index >= 15 is 0 Å². The highest BCUT2D eigenvalue weighted by atomic mass is 16.5. The summed E-state index contributed by atoms with van der Waals surface area (Å²) < 4.78 is 16.4. The molecule has 168 valence electrons. The van der Waals surface area contributed by atoms with Gasteiger partial charge in [0.15, 0.2) is 5.78 Å². The first-order chi connectivity index (χ1) is 14.6. The van der Waals surface area contributed by atoms with Gasteiger partial charge in [-0.25, -0.2) is 0 Å². The van der Waals surface area contributed by atoms with Gasteiger partial charge in [-0.2, -0.15) is 0 Å². The minimum atomic E-state index is -0.140. The van der Waals surface area contributed by atoms with Gasteiger partial charge in [0.05, 0.1) is 18.8 Å². The van der Waals surface area contributed by atoms with E-state index in [2.05, 4.69) is 0 Å². The van der Waals surface area contributed by atoms with Crippen LogP contribution in [0.3, 0.4) is 0 Å². The molecule has 0 unspecified atom stereocenters. The lowest BCUT2D eigenvalue weighted by Crippen LogP contribution is -2.13. The van der Waals surface area contributed by atoms with E-state index in [1.54, 1.807) is 37.3 Å². The predicted octanol–water partition coefficient (Wildman–Crippen LogP) is 5.40. The Kier molecular flexibility index (Phi) is 8.48. The second-order valence-electron chi connectivity index (χ2n) is 8.79. The maximum absolute atomic E-state index is 12.4. The van der Waals surface area contributed by atoms with Gasteiger partial charge in [0.25, 0.3) is 6.47 Å². The van der Waals surface area contributed by atoms with Gasteiger partial charge in [0.2, 0.25) is 0 Å². The van der Waals surface area contributed by atoms with Gasteiger partial charge in [-0.15, -0.1) is 0 Å². The number of carbonyl (C=O) groups excluding carboxylic acids is 2. The lowest BCUT2D eigenvalue weighted by Gasteiger charge is -2.18. The summed E-state index contributed by atoms with van der Waals surface area (Å²) in [5.41, 5.74) is 1.67. The van der Waals surface area contributed by atoms with E-state index in [0.717, 1.165) is 24.2 Å². The van der Waals surface area contributed by atoms with Gasteiger partial charge in [0.1, 0.15) is 23.0 Å². The molecule has 0 heterocycles. The SMILES string of the molecule is Cc1cc(OC=O)ccc1OCCCCOc1ccc(C(=O)CC(C)(C)C)c(O)c1C. The molecule has 0 atom stereocenters. The van der Waals surface area contributed by atoms with E-state index in [9.17, 15) is 14.7 Å². The standard InChI is InChI=1S/C25H32O6/c1-17-14-19(31-16-26)8-10-22(17)29-12-6-7-13-30-23-11-9-20(24(28)18(23)2)21(27)15-25(3,4)5/h8-11,14,16,28H,6-7,12-13,15H2,1-5H3. The van der Waals surface area contributed by atoms with Crippen molar-refractivity contribution in [3.8, 4) is 23.0 Å². The monoisotopic (exact) mass is 428 g/mol. The molecule has 0 saturated carbocycles. The summed E-state index contributed by atoms with van der Waals surface area (Å²) in [5, 5.41) is 10.4. The summed E-state index contributed by atoms with van der Waals surface area (Å²) >= 11 is 0. The molecule has 31 heavy (non-hydrogen) atoms. The van der Waals surface area contributed by atoms with Crippen LogP contribution in [0.4, 0.5) is 0 Å². The first kappa shape index (κ1) is 24.3. The Hall–Kier alpha value is -3.02. The molecule has 1 N–H and O–H groups in total. The third-order valence-electron chi connectivity index (χ3n) is 4.76. The van der Waals surface area contributed by atoms with Gasteiger partial charge >= 0.3 is 0 Å². The van der Waals surface area contributed by atoms with Gasteiger partial charge in [-0.05, 0) is 68.0 Å². The fraction of sp³-hybridized carbons (Fsp3) is 0.440. The van der Waals surface area contributed by atoms with Crippen LogP contribution in [0.25, 0.3) is 0 Å². The third-order valence-corrected chi connectivity index (χ3v) is 4.76. The molecule has 0 fully saturated rings. The van der Waals surface area contributed by atoms with Crippen LogP contribution in [0.15, 0.2) is 30.3 Å². The summed E-state index contributed by atoms with van der Waals surface area (Å²) in [6.07, 6.45) is 1.93. The number of rotatable bonds is 11. The third kappa shape index (κ3) is 7.31. The molecular weight excluding hydrogens is 396 g/mol. The average molecular weight is 429 g/mol. The minimum Gasteiger partial charge on any atom is -0.507 e. The zero-order valence-corrected chi connectivity index (χ0v) is 19.0. The highest BCUT2D eigenvalue weighted by Gasteiger charge is 2.21. The predicted molar refractivity (Wildman–Crippen MR) is 119 cm³/mol. The number of aryl methyl sites for hydroxylation is 1. The summed E-state index contributed by atoms with van der Waals surface area (Å²) in [6.45, 7) is 11.0. The molecule has 2 aromatic rings. The van der Waals surface area contributed by atoms with E-state index in [1.165, 1.54) is 0 Å². The summed E-state index contributed by atoms with van der Waals surface area (Å²) in [5.74, 6) is 1.73. The van der Waals surface area contributed by atoms with Crippen molar-refractivity contribution in [1.82, 2.24) is 0 Å². The van der Waals surface area contributed by atoms with Crippen molar-refractivity contribution in [1.29, 1.82) is 0 Å². The largest absolute Gasteiger partial charge is 0.507 e. The van der Waals surface area contributed by atoms with Crippen molar-refractivity contribution in [2.45, 2.75) is 53.9 Å². The van der Waals surface area contributed by atoms with E-state index in [1.807, 2.05) is 27.7 Å². The summed E-state index contributed by atoms with van der Waals surface area (Å²) in [4.78, 5) is 22.8. The molecule has 0 aliphatic heterocycles. The Morgan fingerprint density at radius 3 is 2.19 bits per heavy atom. The Morgan fingerprint density at radius 2 is 1.61 bits per heavy atom. The van der Waals surface area contributed by atoms with Gasteiger partial charge in [-0.1, -0.05) is 20.8 Å². The molecule has 0 aliphatic carbocycles. The van der Waals surface area contributed by atoms with Crippen molar-refractivity contribution in [2.75, 3.05) is 13.2 Å². The molecule has 6 nitrogen and oxygen atoms in total. The minimum absolute atomic E-state index is 0.00688. The number of ether oxygens (including phenoxy) is 3. The zero-order chi connectivity index (χ0) is 23.0. The molecule has 0 aromatic heterocycles. The fourth-order valence-electron chi connectivity index (χ4n) is 3.12. The lowest BCUT2D eigenvalue weighted by molar-refractivity contribution is -0.120. The Labute approximate surface area is 184 Å². The number of phenols is 1. The highest BCUT2D eigenvalue weighted by Crippen LogP contribution is 2.33. The van der Waals surface area contributed by atoms with Crippen LogP contribution in [0.2, 0.25) is 0 Å². The molecule has 2 rings (SSSR count). The van der Waals surface area contributed by atoms with Crippen LogP contribution in [0, 0.1) is 19.3 Å². The maximum Gasteiger partial charge on any atom is 0.298 e. The Morgan fingerprint density at radius 1 is 1.00 bits per heavy atom. The summed E-state index contributed by atoms with van der Waals surface area (Å²) in [6, 6.07) is 8.59. The van der Waals surface area contributed by atoms with Crippen molar-refractivity contribution in [3.63, 3.8) is 0 Å². The van der Waals surface area contributed by atoms with Crippen LogP contribution in [-0.4, -0.2) is 30.6 Å². The molecule has 0 radical (unpaired) electrons. The molecule has 0 aliphatic rings. The second-order valence-corrected chi connectivity index (χ2v) is 8.79. The van der Waals surface area contributed by atoms with E-state index in [4.69, 9.17) is 14.2 Å². The topological polar surface area (TPSA) is 82.1 Å². The zero-order valence-electron chi connectivity index (χ0n) is 19.0. The number of benzene rings is 2. The molecule has 0 amide bonds. The van der Waals surface area contributed by atoms with Crippen LogP contribution in [-0.2, 0) is 4.79 Å². The number of Topliss-reactive ketones (excluding diaryl/α,β-unsaturated/α-hetero) is 1. The normalized spacial score (nSPS) is 11.1. The van der Waals surface area contributed by atoms with Crippen LogP contribution in [0.5, 0.6) is 23.0 Å². The molecule has 6 heteroatoms. The number of carbonyl (C=O) groups is 2. The molecule has 0 saturated heterocycles. The first-order valence-electron chi connectivity index (χ1n) is 10.4. The van der Waals surface area contributed by atoms with E-state index < -0.39 is 0 Å². The number of aromatic hydroxyl groups is 1. The number of ketones is 1. The number of hydrogen-bond acceptors (Lipinski definition) is 6. The van der Waals surface area contributed by atoms with Gasteiger partial charge < -0.3 is 19.3 Å². The summed E-state index contributed by atoms with van der Waals surface area (Å²) in [7, 11) is 0. The number of phenolic OH excluding ortho intramolecular Hbond substituents is 1. The molecular formula is C25H32O6. The molecule has 2 aromatic carbocycles. The van der Waals surface area contributed by atoms with Crippen molar-refractivity contribution < 1.29 is 28.9 Å². The average Bonchev–Trinajstić information content (AvgIpc) is 2.68. The Bertz CT molecular complexity index is 911. The number of unbranched alkanes of at least 4 members (excludes halogenated alkanes) is 1. The van der Waals surface area contributed by atoms with Crippen LogP contribution in [0.1, 0.15) is 61.5 Å². The second kappa shape index (κ2) is 10.8.